The summed E-state index contributed by atoms with van der Waals surface area (Å²) < 4.78 is 0. The van der Waals surface area contributed by atoms with Crippen molar-refractivity contribution in [3.05, 3.63) is 0 Å². The number of hydrogen-bond acceptors (Lipinski definition) is 2. The van der Waals surface area contributed by atoms with E-state index in [-0.39, 0.29) is 6.03 Å². The van der Waals surface area contributed by atoms with Crippen LogP contribution in [0.1, 0.15) is 39.0 Å². The van der Waals surface area contributed by atoms with E-state index in [0.29, 0.717) is 12.1 Å². The van der Waals surface area contributed by atoms with E-state index in [9.17, 15) is 4.79 Å². The van der Waals surface area contributed by atoms with Crippen molar-refractivity contribution in [2.24, 2.45) is 5.92 Å². The van der Waals surface area contributed by atoms with Crippen LogP contribution in [0, 0.1) is 5.92 Å². The van der Waals surface area contributed by atoms with Gasteiger partial charge in [-0.05, 0) is 31.6 Å². The second kappa shape index (κ2) is 5.91. The highest BCUT2D eigenvalue weighted by molar-refractivity contribution is 5.73. The average molecular weight is 253 g/mol. The molecular weight excluding hydrogens is 226 g/mol. The summed E-state index contributed by atoms with van der Waals surface area (Å²) in [5.41, 5.74) is 0. The van der Waals surface area contributed by atoms with Crippen molar-refractivity contribution in [1.82, 2.24) is 15.1 Å². The van der Waals surface area contributed by atoms with Gasteiger partial charge in [0, 0.05) is 39.3 Å². The molecule has 18 heavy (non-hydrogen) atoms. The molecule has 1 saturated heterocycles. The third-order valence-electron chi connectivity index (χ3n) is 4.46. The molecule has 0 spiro atoms. The summed E-state index contributed by atoms with van der Waals surface area (Å²) >= 11 is 0. The van der Waals surface area contributed by atoms with Crippen LogP contribution in [0.2, 0.25) is 0 Å². The monoisotopic (exact) mass is 253 g/mol. The molecule has 2 rings (SSSR count). The standard InChI is InChI=1S/C14H27N3O/c1-11-5-4-6-13(11)15-12-7-9-17(10-8-12)14(18)16(2)3/h11-13,15H,4-10H2,1-3H3. The number of nitrogens with one attached hydrogen (secondary N) is 1. The maximum absolute atomic E-state index is 11.8. The van der Waals surface area contributed by atoms with Gasteiger partial charge in [-0.2, -0.15) is 0 Å². The van der Waals surface area contributed by atoms with Crippen molar-refractivity contribution in [1.29, 1.82) is 0 Å². The number of likely N-dealkylation sites (tertiary alicyclic amines) is 1. The number of nitrogens with zero attached hydrogens (tertiary/aromatic N) is 2. The maximum Gasteiger partial charge on any atom is 0.319 e. The van der Waals surface area contributed by atoms with Gasteiger partial charge in [0.2, 0.25) is 0 Å². The quantitative estimate of drug-likeness (QED) is 0.816. The fourth-order valence-electron chi connectivity index (χ4n) is 3.22. The predicted octanol–water partition coefficient (Wildman–Crippen LogP) is 1.91. The number of urea groups is 1. The molecule has 1 aliphatic carbocycles. The molecule has 1 N–H and O–H groups in total. The number of carbonyl (C=O) groups excluding carboxylic acids is 1. The maximum atomic E-state index is 11.8. The first kappa shape index (κ1) is 13.7. The Bertz CT molecular complexity index is 285. The molecule has 0 aromatic rings. The summed E-state index contributed by atoms with van der Waals surface area (Å²) in [5, 5.41) is 3.80. The molecule has 104 valence electrons. The smallest absolute Gasteiger partial charge is 0.319 e. The van der Waals surface area contributed by atoms with Crippen molar-refractivity contribution < 1.29 is 4.79 Å². The Morgan fingerprint density at radius 1 is 1.17 bits per heavy atom. The van der Waals surface area contributed by atoms with Gasteiger partial charge in [0.25, 0.3) is 0 Å². The molecule has 2 atom stereocenters. The third-order valence-corrected chi connectivity index (χ3v) is 4.46. The second-order valence-electron chi connectivity index (χ2n) is 6.12. The van der Waals surface area contributed by atoms with Crippen molar-refractivity contribution in [2.45, 2.75) is 51.1 Å². The minimum absolute atomic E-state index is 0.155. The van der Waals surface area contributed by atoms with Crippen LogP contribution in [-0.2, 0) is 0 Å². The zero-order chi connectivity index (χ0) is 13.1. The lowest BCUT2D eigenvalue weighted by Gasteiger charge is -2.35. The van der Waals surface area contributed by atoms with E-state index in [1.165, 1.54) is 19.3 Å². The molecule has 1 heterocycles. The highest BCUT2D eigenvalue weighted by atomic mass is 16.2. The van der Waals surface area contributed by atoms with Gasteiger partial charge in [-0.1, -0.05) is 13.3 Å². The normalized spacial score (nSPS) is 29.6. The number of hydrogen-bond donors (Lipinski definition) is 1. The van der Waals surface area contributed by atoms with Crippen LogP contribution in [0.4, 0.5) is 4.79 Å². The number of carbonyl (C=O) groups is 1. The Kier molecular flexibility index (Phi) is 4.49. The molecule has 0 bridgehead atoms. The van der Waals surface area contributed by atoms with E-state index in [0.717, 1.165) is 31.8 Å². The van der Waals surface area contributed by atoms with Crippen LogP contribution in [0.5, 0.6) is 0 Å². The summed E-state index contributed by atoms with van der Waals surface area (Å²) in [6.07, 6.45) is 6.27. The number of amides is 2. The molecule has 2 unspecified atom stereocenters. The third kappa shape index (κ3) is 3.16. The largest absolute Gasteiger partial charge is 0.331 e. The fourth-order valence-corrected chi connectivity index (χ4v) is 3.22. The van der Waals surface area contributed by atoms with Gasteiger partial charge in [-0.15, -0.1) is 0 Å². The molecule has 1 saturated carbocycles. The lowest BCUT2D eigenvalue weighted by atomic mass is 10.0. The summed E-state index contributed by atoms with van der Waals surface area (Å²) in [6, 6.07) is 1.48. The Hall–Kier alpha value is -0.770. The van der Waals surface area contributed by atoms with Crippen molar-refractivity contribution in [3.63, 3.8) is 0 Å². The Balaban J connectivity index is 1.75. The summed E-state index contributed by atoms with van der Waals surface area (Å²) in [7, 11) is 3.65. The van der Waals surface area contributed by atoms with Crippen molar-refractivity contribution >= 4 is 6.03 Å². The van der Waals surface area contributed by atoms with Gasteiger partial charge in [-0.25, -0.2) is 4.79 Å². The van der Waals surface area contributed by atoms with Gasteiger partial charge in [-0.3, -0.25) is 0 Å². The van der Waals surface area contributed by atoms with Crippen LogP contribution >= 0.6 is 0 Å². The lowest BCUT2D eigenvalue weighted by Crippen LogP contribution is -2.50. The number of piperidine rings is 1. The average Bonchev–Trinajstić information content (AvgIpc) is 2.75. The molecule has 4 heteroatoms. The summed E-state index contributed by atoms with van der Waals surface area (Å²) in [5.74, 6) is 0.825. The van der Waals surface area contributed by atoms with E-state index in [1.54, 1.807) is 4.90 Å². The minimum Gasteiger partial charge on any atom is -0.331 e. The van der Waals surface area contributed by atoms with Gasteiger partial charge in [0.1, 0.15) is 0 Å². The van der Waals surface area contributed by atoms with E-state index in [2.05, 4.69) is 12.2 Å². The van der Waals surface area contributed by atoms with Gasteiger partial charge in [0.05, 0.1) is 0 Å². The molecule has 2 fully saturated rings. The first-order valence-electron chi connectivity index (χ1n) is 7.30. The van der Waals surface area contributed by atoms with Gasteiger partial charge < -0.3 is 15.1 Å². The van der Waals surface area contributed by atoms with E-state index < -0.39 is 0 Å². The highest BCUT2D eigenvalue weighted by Gasteiger charge is 2.28. The molecule has 0 radical (unpaired) electrons. The zero-order valence-corrected chi connectivity index (χ0v) is 12.0. The minimum atomic E-state index is 0.155. The Morgan fingerprint density at radius 2 is 1.83 bits per heavy atom. The van der Waals surface area contributed by atoms with E-state index in [4.69, 9.17) is 0 Å². The van der Waals surface area contributed by atoms with Crippen LogP contribution in [-0.4, -0.2) is 55.1 Å². The van der Waals surface area contributed by atoms with Gasteiger partial charge in [0.15, 0.2) is 0 Å². The second-order valence-corrected chi connectivity index (χ2v) is 6.12. The fraction of sp³-hybridized carbons (Fsp3) is 0.929. The Labute approximate surface area is 111 Å². The highest BCUT2D eigenvalue weighted by Crippen LogP contribution is 2.26. The summed E-state index contributed by atoms with van der Waals surface area (Å²) in [6.45, 7) is 4.15. The van der Waals surface area contributed by atoms with Crippen molar-refractivity contribution in [3.8, 4) is 0 Å². The zero-order valence-electron chi connectivity index (χ0n) is 12.0. The Morgan fingerprint density at radius 3 is 2.33 bits per heavy atom. The molecule has 1 aliphatic heterocycles. The van der Waals surface area contributed by atoms with E-state index >= 15 is 0 Å². The van der Waals surface area contributed by atoms with Crippen LogP contribution in [0.25, 0.3) is 0 Å². The van der Waals surface area contributed by atoms with Crippen LogP contribution < -0.4 is 5.32 Å². The first-order valence-corrected chi connectivity index (χ1v) is 7.30. The van der Waals surface area contributed by atoms with Gasteiger partial charge >= 0.3 is 6.03 Å². The number of rotatable bonds is 2. The topological polar surface area (TPSA) is 35.6 Å². The lowest BCUT2D eigenvalue weighted by molar-refractivity contribution is 0.149. The first-order chi connectivity index (χ1) is 8.58. The van der Waals surface area contributed by atoms with E-state index in [1.807, 2.05) is 19.0 Å². The summed E-state index contributed by atoms with van der Waals surface area (Å²) in [4.78, 5) is 15.5. The van der Waals surface area contributed by atoms with Crippen molar-refractivity contribution in [2.75, 3.05) is 27.2 Å². The predicted molar refractivity (Wildman–Crippen MR) is 73.6 cm³/mol. The SMILES string of the molecule is CC1CCCC1NC1CCN(C(=O)N(C)C)CC1. The molecule has 2 aliphatic rings. The molecule has 0 aromatic heterocycles. The molecule has 0 aromatic carbocycles. The van der Waals surface area contributed by atoms with Crippen LogP contribution in [0.3, 0.4) is 0 Å². The molecule has 2 amide bonds. The molecular formula is C14H27N3O. The molecule has 4 nitrogen and oxygen atoms in total. The van der Waals surface area contributed by atoms with Crippen LogP contribution in [0.15, 0.2) is 0 Å².